The highest BCUT2D eigenvalue weighted by Gasteiger charge is 2.01. The first-order valence-corrected chi connectivity index (χ1v) is 4.78. The number of hydrogen-bond acceptors (Lipinski definition) is 1. The molecule has 0 aliphatic rings. The van der Waals surface area contributed by atoms with Gasteiger partial charge in [0.15, 0.2) is 0 Å². The number of benzene rings is 1. The first kappa shape index (κ1) is 10.9. The van der Waals surface area contributed by atoms with Crippen LogP contribution in [0.4, 0.5) is 4.39 Å². The largest absolute Gasteiger partial charge is 0.493 e. The molecule has 0 atom stereocenters. The van der Waals surface area contributed by atoms with Crippen LogP contribution in [0.1, 0.15) is 12.5 Å². The van der Waals surface area contributed by atoms with E-state index in [2.05, 4.69) is 11.8 Å². The minimum absolute atomic E-state index is 0.224. The van der Waals surface area contributed by atoms with E-state index in [9.17, 15) is 4.39 Å². The van der Waals surface area contributed by atoms with Crippen molar-refractivity contribution in [3.8, 4) is 17.6 Å². The molecule has 0 aliphatic carbocycles. The maximum Gasteiger partial charge on any atom is 0.135 e. The van der Waals surface area contributed by atoms with Gasteiger partial charge in [-0.1, -0.05) is 11.8 Å². The molecule has 0 N–H and O–H groups in total. The van der Waals surface area contributed by atoms with Crippen molar-refractivity contribution in [3.63, 3.8) is 0 Å². The molecule has 0 amide bonds. The molecule has 0 unspecified atom stereocenters. The molecule has 0 bridgehead atoms. The number of hydrogen-bond donors (Lipinski definition) is 0. The fraction of sp³-hybridized carbons (Fsp3) is 0.273. The summed E-state index contributed by atoms with van der Waals surface area (Å²) in [5, 5.41) is 0. The summed E-state index contributed by atoms with van der Waals surface area (Å²) in [7, 11) is 0. The molecule has 0 spiro atoms. The lowest BCUT2D eigenvalue weighted by Crippen LogP contribution is -1.94. The maximum atomic E-state index is 12.9. The molecule has 0 fully saturated rings. The van der Waals surface area contributed by atoms with Crippen molar-refractivity contribution in [1.82, 2.24) is 0 Å². The topological polar surface area (TPSA) is 9.23 Å². The zero-order valence-electron chi connectivity index (χ0n) is 7.81. The Balaban J connectivity index is 3.02. The molecule has 0 aliphatic heterocycles. The van der Waals surface area contributed by atoms with Gasteiger partial charge in [-0.15, -0.1) is 11.6 Å². The van der Waals surface area contributed by atoms with E-state index in [0.717, 1.165) is 0 Å². The lowest BCUT2D eigenvalue weighted by atomic mass is 10.2. The number of halogens is 2. The third-order valence-electron chi connectivity index (χ3n) is 1.53. The molecular formula is C11H10ClFO. The zero-order chi connectivity index (χ0) is 10.4. The summed E-state index contributed by atoms with van der Waals surface area (Å²) in [6.45, 7) is 2.39. The Labute approximate surface area is 87.8 Å². The minimum Gasteiger partial charge on any atom is -0.493 e. The highest BCUT2D eigenvalue weighted by atomic mass is 35.5. The monoisotopic (exact) mass is 212 g/mol. The summed E-state index contributed by atoms with van der Waals surface area (Å²) in [6, 6.07) is 4.25. The van der Waals surface area contributed by atoms with Gasteiger partial charge < -0.3 is 4.74 Å². The Bertz CT molecular complexity index is 365. The highest BCUT2D eigenvalue weighted by Crippen LogP contribution is 2.18. The summed E-state index contributed by atoms with van der Waals surface area (Å²) in [5.41, 5.74) is 0.535. The average Bonchev–Trinajstić information content (AvgIpc) is 2.18. The Morgan fingerprint density at radius 2 is 2.29 bits per heavy atom. The number of rotatable bonds is 2. The molecule has 0 radical (unpaired) electrons. The smallest absolute Gasteiger partial charge is 0.135 e. The summed E-state index contributed by atoms with van der Waals surface area (Å²) in [6.07, 6.45) is 0. The van der Waals surface area contributed by atoms with E-state index >= 15 is 0 Å². The quantitative estimate of drug-likeness (QED) is 0.541. The molecule has 1 rings (SSSR count). The van der Waals surface area contributed by atoms with Crippen LogP contribution >= 0.6 is 11.6 Å². The molecule has 0 heterocycles. The van der Waals surface area contributed by atoms with Gasteiger partial charge in [-0.05, 0) is 25.1 Å². The van der Waals surface area contributed by atoms with Gasteiger partial charge in [0, 0.05) is 0 Å². The zero-order valence-corrected chi connectivity index (χ0v) is 8.57. The second-order valence-electron chi connectivity index (χ2n) is 2.51. The SMILES string of the molecule is CCOc1ccc(F)cc1C#CCCl. The van der Waals surface area contributed by atoms with Gasteiger partial charge in [-0.3, -0.25) is 0 Å². The fourth-order valence-electron chi connectivity index (χ4n) is 1.01. The van der Waals surface area contributed by atoms with Gasteiger partial charge in [-0.25, -0.2) is 4.39 Å². The van der Waals surface area contributed by atoms with Crippen molar-refractivity contribution >= 4 is 11.6 Å². The Morgan fingerprint density at radius 1 is 1.50 bits per heavy atom. The second-order valence-corrected chi connectivity index (χ2v) is 2.78. The van der Waals surface area contributed by atoms with Crippen molar-refractivity contribution in [1.29, 1.82) is 0 Å². The number of ether oxygens (including phenoxy) is 1. The molecule has 1 aromatic carbocycles. The van der Waals surface area contributed by atoms with Crippen molar-refractivity contribution < 1.29 is 9.13 Å². The van der Waals surface area contributed by atoms with Gasteiger partial charge in [0.05, 0.1) is 18.1 Å². The van der Waals surface area contributed by atoms with E-state index in [1.165, 1.54) is 12.1 Å². The molecule has 0 saturated heterocycles. The lowest BCUT2D eigenvalue weighted by Gasteiger charge is -2.04. The van der Waals surface area contributed by atoms with E-state index in [1.54, 1.807) is 6.07 Å². The Hall–Kier alpha value is -1.20. The van der Waals surface area contributed by atoms with Crippen LogP contribution < -0.4 is 4.74 Å². The standard InChI is InChI=1S/C11H10ClFO/c1-2-14-11-6-5-10(13)8-9(11)4-3-7-12/h5-6,8H,2,7H2,1H3. The van der Waals surface area contributed by atoms with Crippen molar-refractivity contribution in [2.75, 3.05) is 12.5 Å². The summed E-state index contributed by atoms with van der Waals surface area (Å²) < 4.78 is 18.1. The summed E-state index contributed by atoms with van der Waals surface area (Å²) in [5.74, 6) is 5.89. The number of alkyl halides is 1. The molecule has 0 saturated carbocycles. The Kier molecular flexibility index (Phi) is 4.28. The second kappa shape index (κ2) is 5.51. The molecule has 1 aromatic rings. The molecular weight excluding hydrogens is 203 g/mol. The third kappa shape index (κ3) is 2.93. The molecule has 74 valence electrons. The van der Waals surface area contributed by atoms with Gasteiger partial charge in [0.1, 0.15) is 11.6 Å². The lowest BCUT2D eigenvalue weighted by molar-refractivity contribution is 0.338. The predicted octanol–water partition coefficient (Wildman–Crippen LogP) is 2.81. The predicted molar refractivity (Wildman–Crippen MR) is 55.2 cm³/mol. The van der Waals surface area contributed by atoms with Crippen LogP contribution in [-0.2, 0) is 0 Å². The highest BCUT2D eigenvalue weighted by molar-refractivity contribution is 6.19. The van der Waals surface area contributed by atoms with Crippen LogP contribution in [0.15, 0.2) is 18.2 Å². The van der Waals surface area contributed by atoms with Gasteiger partial charge in [0.25, 0.3) is 0 Å². The van der Waals surface area contributed by atoms with Crippen LogP contribution in [0, 0.1) is 17.7 Å². The van der Waals surface area contributed by atoms with Gasteiger partial charge in [-0.2, -0.15) is 0 Å². The molecule has 3 heteroatoms. The van der Waals surface area contributed by atoms with Crippen LogP contribution in [0.5, 0.6) is 5.75 Å². The van der Waals surface area contributed by atoms with Crippen molar-refractivity contribution in [2.45, 2.75) is 6.92 Å². The fourth-order valence-corrected chi connectivity index (χ4v) is 1.08. The van der Waals surface area contributed by atoms with Gasteiger partial charge >= 0.3 is 0 Å². The molecule has 1 nitrogen and oxygen atoms in total. The first-order valence-electron chi connectivity index (χ1n) is 4.25. The maximum absolute atomic E-state index is 12.9. The van der Waals surface area contributed by atoms with E-state index in [-0.39, 0.29) is 11.7 Å². The minimum atomic E-state index is -0.327. The Morgan fingerprint density at radius 3 is 2.93 bits per heavy atom. The van der Waals surface area contributed by atoms with Crippen molar-refractivity contribution in [2.24, 2.45) is 0 Å². The summed E-state index contributed by atoms with van der Waals surface area (Å²) in [4.78, 5) is 0. The van der Waals surface area contributed by atoms with E-state index < -0.39 is 0 Å². The van der Waals surface area contributed by atoms with Crippen molar-refractivity contribution in [3.05, 3.63) is 29.6 Å². The van der Waals surface area contributed by atoms with Crippen LogP contribution in [-0.4, -0.2) is 12.5 Å². The summed E-state index contributed by atoms with van der Waals surface area (Å²) >= 11 is 5.41. The van der Waals surface area contributed by atoms with E-state index in [4.69, 9.17) is 16.3 Å². The van der Waals surface area contributed by atoms with E-state index in [0.29, 0.717) is 17.9 Å². The van der Waals surface area contributed by atoms with Gasteiger partial charge in [0.2, 0.25) is 0 Å². The third-order valence-corrected chi connectivity index (χ3v) is 1.66. The van der Waals surface area contributed by atoms with Crippen LogP contribution in [0.3, 0.4) is 0 Å². The molecule has 0 aromatic heterocycles. The first-order chi connectivity index (χ1) is 6.77. The van der Waals surface area contributed by atoms with E-state index in [1.807, 2.05) is 6.92 Å². The van der Waals surface area contributed by atoms with Crippen LogP contribution in [0.2, 0.25) is 0 Å². The van der Waals surface area contributed by atoms with Crippen LogP contribution in [0.25, 0.3) is 0 Å². The average molecular weight is 213 g/mol. The normalized spacial score (nSPS) is 9.07. The molecule has 14 heavy (non-hydrogen) atoms.